The number of hydrogen-bond donors (Lipinski definition) is 0. The number of furan rings is 1. The molecule has 0 N–H and O–H groups in total. The first-order valence-corrected chi connectivity index (χ1v) is 18.2. The smallest absolute Gasteiger partial charge is 0.164 e. The highest BCUT2D eigenvalue weighted by molar-refractivity contribution is 6.38. The molecule has 0 atom stereocenters. The molecule has 0 saturated carbocycles. The van der Waals surface area contributed by atoms with Gasteiger partial charge in [-0.15, -0.1) is 0 Å². The van der Waals surface area contributed by atoms with Crippen molar-refractivity contribution in [1.29, 1.82) is 0 Å². The molecule has 250 valence electrons. The average molecular weight is 689 g/mol. The lowest BCUT2D eigenvalue weighted by atomic mass is 9.91. The van der Waals surface area contributed by atoms with Gasteiger partial charge >= 0.3 is 0 Å². The molecule has 0 aliphatic rings. The number of fused-ring (bicyclic) bond motifs is 8. The zero-order chi connectivity index (χ0) is 35.3. The molecule has 0 aliphatic carbocycles. The van der Waals surface area contributed by atoms with Gasteiger partial charge in [-0.05, 0) is 68.7 Å². The topological polar surface area (TPSA) is 56.7 Å². The fourth-order valence-corrected chi connectivity index (χ4v) is 8.67. The van der Waals surface area contributed by atoms with E-state index in [9.17, 15) is 0 Å². The first-order valence-electron chi connectivity index (χ1n) is 18.2. The van der Waals surface area contributed by atoms with E-state index < -0.39 is 0 Å². The third-order valence-electron chi connectivity index (χ3n) is 11.0. The molecular weight excluding hydrogens is 661 g/mol. The molecule has 3 aromatic heterocycles. The van der Waals surface area contributed by atoms with Crippen molar-refractivity contribution in [3.8, 4) is 39.9 Å². The molecule has 5 nitrogen and oxygen atoms in total. The summed E-state index contributed by atoms with van der Waals surface area (Å²) in [7, 11) is 0. The molecule has 54 heavy (non-hydrogen) atoms. The van der Waals surface area contributed by atoms with Gasteiger partial charge in [0.15, 0.2) is 17.5 Å². The second-order valence-corrected chi connectivity index (χ2v) is 13.9. The molecule has 0 amide bonds. The summed E-state index contributed by atoms with van der Waals surface area (Å²) in [5, 5.41) is 12.2. The lowest BCUT2D eigenvalue weighted by Gasteiger charge is -2.11. The predicted octanol–water partition coefficient (Wildman–Crippen LogP) is 12.8. The van der Waals surface area contributed by atoms with Crippen LogP contribution in [-0.2, 0) is 0 Å². The van der Waals surface area contributed by atoms with Gasteiger partial charge in [-0.2, -0.15) is 0 Å². The van der Waals surface area contributed by atoms with Crippen LogP contribution in [0.2, 0.25) is 0 Å². The Hall–Kier alpha value is -7.37. The highest BCUT2D eigenvalue weighted by Crippen LogP contribution is 2.46. The first kappa shape index (κ1) is 29.2. The van der Waals surface area contributed by atoms with Crippen LogP contribution in [0, 0.1) is 0 Å². The molecule has 0 radical (unpaired) electrons. The van der Waals surface area contributed by atoms with Gasteiger partial charge in [0.25, 0.3) is 0 Å². The van der Waals surface area contributed by atoms with Crippen LogP contribution in [0.15, 0.2) is 174 Å². The maximum absolute atomic E-state index is 6.54. The van der Waals surface area contributed by atoms with Crippen LogP contribution in [-0.4, -0.2) is 19.5 Å². The highest BCUT2D eigenvalue weighted by Gasteiger charge is 2.22. The highest BCUT2D eigenvalue weighted by atomic mass is 16.3. The van der Waals surface area contributed by atoms with E-state index in [0.717, 1.165) is 44.3 Å². The number of aromatic nitrogens is 4. The molecular formula is C49H28N4O. The van der Waals surface area contributed by atoms with Crippen LogP contribution in [0.3, 0.4) is 0 Å². The van der Waals surface area contributed by atoms with Crippen LogP contribution < -0.4 is 0 Å². The van der Waals surface area contributed by atoms with E-state index in [2.05, 4.69) is 102 Å². The van der Waals surface area contributed by atoms with Crippen LogP contribution >= 0.6 is 0 Å². The Morgan fingerprint density at radius 3 is 1.74 bits per heavy atom. The third kappa shape index (κ3) is 4.12. The molecule has 5 heteroatoms. The van der Waals surface area contributed by atoms with Gasteiger partial charge in [0.05, 0.1) is 11.0 Å². The number of benzene rings is 9. The quantitative estimate of drug-likeness (QED) is 0.173. The lowest BCUT2D eigenvalue weighted by Crippen LogP contribution is -2.00. The molecule has 12 rings (SSSR count). The maximum atomic E-state index is 6.54. The molecule has 9 aromatic carbocycles. The number of hydrogen-bond acceptors (Lipinski definition) is 4. The van der Waals surface area contributed by atoms with E-state index in [1.54, 1.807) is 0 Å². The van der Waals surface area contributed by atoms with Crippen LogP contribution in [0.1, 0.15) is 0 Å². The van der Waals surface area contributed by atoms with E-state index in [1.807, 2.05) is 72.8 Å². The Balaban J connectivity index is 1.13. The average Bonchev–Trinajstić information content (AvgIpc) is 3.79. The van der Waals surface area contributed by atoms with E-state index >= 15 is 0 Å². The minimum absolute atomic E-state index is 0.600. The van der Waals surface area contributed by atoms with Crippen LogP contribution in [0.4, 0.5) is 0 Å². The van der Waals surface area contributed by atoms with E-state index in [0.29, 0.717) is 17.5 Å². The molecule has 12 aromatic rings. The van der Waals surface area contributed by atoms with Crippen molar-refractivity contribution in [1.82, 2.24) is 19.5 Å². The summed E-state index contributed by atoms with van der Waals surface area (Å²) in [6.07, 6.45) is 0. The normalized spacial score (nSPS) is 12.1. The van der Waals surface area contributed by atoms with Gasteiger partial charge in [0.2, 0.25) is 0 Å². The second kappa shape index (κ2) is 11.1. The summed E-state index contributed by atoms with van der Waals surface area (Å²) >= 11 is 0. The molecule has 0 spiro atoms. The van der Waals surface area contributed by atoms with Crippen molar-refractivity contribution in [3.63, 3.8) is 0 Å². The third-order valence-corrected chi connectivity index (χ3v) is 11.0. The number of rotatable bonds is 4. The van der Waals surface area contributed by atoms with Crippen LogP contribution in [0.25, 0.3) is 116 Å². The van der Waals surface area contributed by atoms with Gasteiger partial charge in [0, 0.05) is 43.9 Å². The number of nitrogens with zero attached hydrogens (tertiary/aromatic N) is 4. The Labute approximate surface area is 308 Å². The summed E-state index contributed by atoms with van der Waals surface area (Å²) in [6, 6.07) is 59.6. The SMILES string of the molecule is c1ccc(-c2nc(-c3ccccc3)nc(-c3cccc4oc5ccc(-n6c7cccc8c9ccc%10ccccc%10c9c9cccc6c9c87)cc5c34)n2)cc1. The molecule has 0 aliphatic heterocycles. The van der Waals surface area contributed by atoms with Crippen molar-refractivity contribution in [2.75, 3.05) is 0 Å². The van der Waals surface area contributed by atoms with E-state index in [-0.39, 0.29) is 0 Å². The Morgan fingerprint density at radius 1 is 0.370 bits per heavy atom. The minimum Gasteiger partial charge on any atom is -0.456 e. The largest absolute Gasteiger partial charge is 0.456 e. The summed E-state index contributed by atoms with van der Waals surface area (Å²) < 4.78 is 8.96. The van der Waals surface area contributed by atoms with Crippen LogP contribution in [0.5, 0.6) is 0 Å². The van der Waals surface area contributed by atoms with Crippen molar-refractivity contribution in [2.24, 2.45) is 0 Å². The van der Waals surface area contributed by atoms with E-state index in [4.69, 9.17) is 19.4 Å². The minimum atomic E-state index is 0.600. The van der Waals surface area contributed by atoms with Gasteiger partial charge < -0.3 is 8.98 Å². The van der Waals surface area contributed by atoms with Gasteiger partial charge in [-0.25, -0.2) is 15.0 Å². The summed E-state index contributed by atoms with van der Waals surface area (Å²) in [5.41, 5.74) is 7.78. The van der Waals surface area contributed by atoms with E-state index in [1.165, 1.54) is 54.1 Å². The van der Waals surface area contributed by atoms with Gasteiger partial charge in [-0.3, -0.25) is 0 Å². The molecule has 3 heterocycles. The molecule has 0 unspecified atom stereocenters. The van der Waals surface area contributed by atoms with Gasteiger partial charge in [-0.1, -0.05) is 133 Å². The Morgan fingerprint density at radius 2 is 0.981 bits per heavy atom. The van der Waals surface area contributed by atoms with Gasteiger partial charge in [0.1, 0.15) is 11.2 Å². The lowest BCUT2D eigenvalue weighted by molar-refractivity contribution is 0.669. The predicted molar refractivity (Wildman–Crippen MR) is 221 cm³/mol. The second-order valence-electron chi connectivity index (χ2n) is 13.9. The monoisotopic (exact) mass is 688 g/mol. The first-order chi connectivity index (χ1) is 26.8. The van der Waals surface area contributed by atoms with Crippen molar-refractivity contribution in [3.05, 3.63) is 170 Å². The Kier molecular flexibility index (Phi) is 5.99. The summed E-state index contributed by atoms with van der Waals surface area (Å²) in [5.74, 6) is 1.85. The fourth-order valence-electron chi connectivity index (χ4n) is 8.67. The molecule has 0 bridgehead atoms. The Bertz CT molecular complexity index is 3380. The molecule has 0 saturated heterocycles. The zero-order valence-corrected chi connectivity index (χ0v) is 28.9. The maximum Gasteiger partial charge on any atom is 0.164 e. The van der Waals surface area contributed by atoms with Crippen molar-refractivity contribution >= 4 is 76.1 Å². The zero-order valence-electron chi connectivity index (χ0n) is 28.9. The fraction of sp³-hybridized carbons (Fsp3) is 0. The summed E-state index contributed by atoms with van der Waals surface area (Å²) in [6.45, 7) is 0. The van der Waals surface area contributed by atoms with Crippen molar-refractivity contribution < 1.29 is 4.42 Å². The molecule has 0 fully saturated rings. The van der Waals surface area contributed by atoms with Crippen molar-refractivity contribution in [2.45, 2.75) is 0 Å². The summed E-state index contributed by atoms with van der Waals surface area (Å²) in [4.78, 5) is 15.1. The standard InChI is InChI=1S/C49H28N4O/c1-3-13-30(14-4-1)47-50-48(31-15-5-2-6-16-31)52-49(51-47)37-20-11-23-42-44(37)38-28-32(25-27-41(38)54-42)53-39-21-9-18-34-35-26-24-29-12-7-8-17-33(29)43(35)36-19-10-22-40(53)46(36)45(34)39/h1-28H.